The summed E-state index contributed by atoms with van der Waals surface area (Å²) < 4.78 is 10.8. The molecule has 0 fully saturated rings. The fourth-order valence-electron chi connectivity index (χ4n) is 1.24. The summed E-state index contributed by atoms with van der Waals surface area (Å²) in [4.78, 5) is 4.19. The summed E-state index contributed by atoms with van der Waals surface area (Å²) >= 11 is 5.81. The molecule has 1 heterocycles. The summed E-state index contributed by atoms with van der Waals surface area (Å²) in [5.74, 6) is 0.440. The molecule has 0 unspecified atom stereocenters. The van der Waals surface area contributed by atoms with E-state index in [0.717, 1.165) is 5.56 Å². The van der Waals surface area contributed by atoms with Crippen molar-refractivity contribution in [2.24, 2.45) is 0 Å². The minimum atomic E-state index is -1.70. The van der Waals surface area contributed by atoms with Gasteiger partial charge in [0, 0.05) is 10.6 Å². The van der Waals surface area contributed by atoms with E-state index >= 15 is 0 Å². The maximum atomic E-state index is 5.81. The van der Waals surface area contributed by atoms with Crippen LogP contribution in [-0.2, 0) is 0 Å². The van der Waals surface area contributed by atoms with Gasteiger partial charge in [-0.3, -0.25) is 0 Å². The molecule has 1 aromatic carbocycles. The molecule has 0 amide bonds. The molecule has 0 aliphatic heterocycles. The first kappa shape index (κ1) is 12.1. The Bertz CT molecular complexity index is 505. The van der Waals surface area contributed by atoms with Crippen LogP contribution in [0.15, 0.2) is 28.8 Å². The number of halogens is 1. The van der Waals surface area contributed by atoms with Crippen molar-refractivity contribution in [2.45, 2.75) is 19.6 Å². The van der Waals surface area contributed by atoms with E-state index in [-0.39, 0.29) is 0 Å². The number of hydrogen-bond donors (Lipinski definition) is 0. The summed E-state index contributed by atoms with van der Waals surface area (Å²) in [6, 6.07) is 7.51. The highest BCUT2D eigenvalue weighted by atomic mass is 35.5. The Hall–Kier alpha value is -1.33. The quantitative estimate of drug-likeness (QED) is 0.798. The van der Waals surface area contributed by atoms with Gasteiger partial charge in [0.2, 0.25) is 8.32 Å². The van der Waals surface area contributed by atoms with Crippen molar-refractivity contribution in [3.05, 3.63) is 29.3 Å². The molecule has 0 saturated carbocycles. The van der Waals surface area contributed by atoms with Crippen LogP contribution in [0, 0.1) is 0 Å². The molecule has 4 nitrogen and oxygen atoms in total. The third kappa shape index (κ3) is 3.31. The third-order valence-corrected chi connectivity index (χ3v) is 2.94. The highest BCUT2D eigenvalue weighted by Gasteiger charge is 2.20. The van der Waals surface area contributed by atoms with Gasteiger partial charge in [0.25, 0.3) is 5.89 Å². The average molecular weight is 269 g/mol. The van der Waals surface area contributed by atoms with E-state index in [1.807, 2.05) is 12.1 Å². The summed E-state index contributed by atoms with van der Waals surface area (Å²) in [6.45, 7) is 6.18. The highest BCUT2D eigenvalue weighted by molar-refractivity contribution is 6.70. The first-order valence-corrected chi connectivity index (χ1v) is 9.01. The molecule has 2 rings (SSSR count). The molecule has 17 heavy (non-hydrogen) atoms. The maximum Gasteiger partial charge on any atom is 0.340 e. The Kier molecular flexibility index (Phi) is 3.21. The standard InChI is InChI=1S/C11H13ClN2O2Si/c1-17(2,3)16-11-13-10(15-14-11)8-4-6-9(12)7-5-8/h4-7H,1-3H3. The van der Waals surface area contributed by atoms with Crippen molar-refractivity contribution in [1.29, 1.82) is 0 Å². The van der Waals surface area contributed by atoms with Crippen LogP contribution in [-0.4, -0.2) is 18.5 Å². The smallest absolute Gasteiger partial charge is 0.340 e. The van der Waals surface area contributed by atoms with E-state index in [0.29, 0.717) is 16.9 Å². The lowest BCUT2D eigenvalue weighted by Gasteiger charge is -2.14. The maximum absolute atomic E-state index is 5.81. The summed E-state index contributed by atoms with van der Waals surface area (Å²) in [7, 11) is -1.70. The average Bonchev–Trinajstić information content (AvgIpc) is 2.64. The molecule has 0 atom stereocenters. The normalized spacial score (nSPS) is 11.5. The molecule has 0 aliphatic rings. The largest absolute Gasteiger partial charge is 0.516 e. The van der Waals surface area contributed by atoms with Gasteiger partial charge in [-0.1, -0.05) is 11.6 Å². The van der Waals surface area contributed by atoms with Crippen LogP contribution in [0.3, 0.4) is 0 Å². The molecule has 0 N–H and O–H groups in total. The van der Waals surface area contributed by atoms with E-state index in [4.69, 9.17) is 20.6 Å². The zero-order valence-electron chi connectivity index (χ0n) is 9.90. The second kappa shape index (κ2) is 4.50. The van der Waals surface area contributed by atoms with E-state index in [2.05, 4.69) is 29.8 Å². The zero-order valence-corrected chi connectivity index (χ0v) is 11.7. The number of benzene rings is 1. The second-order valence-corrected chi connectivity index (χ2v) is 9.47. The summed E-state index contributed by atoms with van der Waals surface area (Å²) in [6.07, 6.45) is 0. The monoisotopic (exact) mass is 268 g/mol. The van der Waals surface area contributed by atoms with E-state index in [1.54, 1.807) is 12.1 Å². The molecule has 1 aromatic heterocycles. The molecular formula is C11H13ClN2O2Si. The van der Waals surface area contributed by atoms with Crippen molar-refractivity contribution < 1.29 is 8.95 Å². The van der Waals surface area contributed by atoms with Gasteiger partial charge >= 0.3 is 6.01 Å². The van der Waals surface area contributed by atoms with Gasteiger partial charge in [0.1, 0.15) is 0 Å². The molecule has 0 saturated heterocycles. The fraction of sp³-hybridized carbons (Fsp3) is 0.273. The first-order valence-electron chi connectivity index (χ1n) is 5.23. The van der Waals surface area contributed by atoms with Crippen molar-refractivity contribution in [1.82, 2.24) is 10.1 Å². The molecule has 90 valence electrons. The number of nitrogens with zero attached hydrogens (tertiary/aromatic N) is 2. The van der Waals surface area contributed by atoms with E-state index in [1.165, 1.54) is 0 Å². The van der Waals surface area contributed by atoms with Gasteiger partial charge in [-0.15, -0.1) is 0 Å². The molecule has 0 radical (unpaired) electrons. The van der Waals surface area contributed by atoms with Crippen molar-refractivity contribution in [2.75, 3.05) is 0 Å². The molecule has 2 aromatic rings. The van der Waals surface area contributed by atoms with Crippen LogP contribution in [0.25, 0.3) is 11.5 Å². The van der Waals surface area contributed by atoms with Crippen molar-refractivity contribution in [3.63, 3.8) is 0 Å². The minimum Gasteiger partial charge on any atom is -0.516 e. The molecule has 0 aliphatic carbocycles. The first-order chi connectivity index (χ1) is 7.94. The van der Waals surface area contributed by atoms with Crippen LogP contribution in [0.4, 0.5) is 0 Å². The Balaban J connectivity index is 2.21. The predicted octanol–water partition coefficient (Wildman–Crippen LogP) is 3.60. The molecular weight excluding hydrogens is 256 g/mol. The number of aromatic nitrogens is 2. The molecule has 0 spiro atoms. The lowest BCUT2D eigenvalue weighted by atomic mass is 10.2. The SMILES string of the molecule is C[Si](C)(C)Oc1noc(-c2ccc(Cl)cc2)n1. The van der Waals surface area contributed by atoms with Crippen LogP contribution in [0.1, 0.15) is 0 Å². The summed E-state index contributed by atoms with van der Waals surface area (Å²) in [5.41, 5.74) is 0.826. The lowest BCUT2D eigenvalue weighted by Crippen LogP contribution is -2.29. The van der Waals surface area contributed by atoms with Crippen LogP contribution < -0.4 is 4.43 Å². The van der Waals surface area contributed by atoms with Crippen molar-refractivity contribution >= 4 is 19.9 Å². The third-order valence-electron chi connectivity index (χ3n) is 1.90. The Morgan fingerprint density at radius 1 is 1.18 bits per heavy atom. The second-order valence-electron chi connectivity index (χ2n) is 4.60. The Morgan fingerprint density at radius 2 is 1.82 bits per heavy atom. The van der Waals surface area contributed by atoms with E-state index in [9.17, 15) is 0 Å². The van der Waals surface area contributed by atoms with Gasteiger partial charge in [-0.25, -0.2) is 0 Å². The number of hydrogen-bond acceptors (Lipinski definition) is 4. The van der Waals surface area contributed by atoms with Gasteiger partial charge in [-0.05, 0) is 49.1 Å². The van der Waals surface area contributed by atoms with Gasteiger partial charge in [0.05, 0.1) is 0 Å². The Labute approximate surface area is 106 Å². The topological polar surface area (TPSA) is 48.2 Å². The highest BCUT2D eigenvalue weighted by Crippen LogP contribution is 2.22. The van der Waals surface area contributed by atoms with Gasteiger partial charge in [0.15, 0.2) is 0 Å². The van der Waals surface area contributed by atoms with Crippen molar-refractivity contribution in [3.8, 4) is 17.5 Å². The minimum absolute atomic E-state index is 0.300. The molecule has 0 bridgehead atoms. The lowest BCUT2D eigenvalue weighted by molar-refractivity contribution is 0.393. The zero-order chi connectivity index (χ0) is 12.5. The van der Waals surface area contributed by atoms with E-state index < -0.39 is 8.32 Å². The predicted molar refractivity (Wildman–Crippen MR) is 68.7 cm³/mol. The Morgan fingerprint density at radius 3 is 2.41 bits per heavy atom. The van der Waals surface area contributed by atoms with Gasteiger partial charge < -0.3 is 8.95 Å². The van der Waals surface area contributed by atoms with Gasteiger partial charge in [-0.2, -0.15) is 4.98 Å². The fourth-order valence-corrected chi connectivity index (χ4v) is 1.99. The van der Waals surface area contributed by atoms with Crippen LogP contribution >= 0.6 is 11.6 Å². The summed E-state index contributed by atoms with van der Waals surface area (Å²) in [5, 5.41) is 4.47. The van der Waals surface area contributed by atoms with Crippen LogP contribution in [0.2, 0.25) is 24.7 Å². The molecule has 6 heteroatoms. The number of rotatable bonds is 3. The van der Waals surface area contributed by atoms with Crippen LogP contribution in [0.5, 0.6) is 6.01 Å².